The molecular weight excluding hydrogens is 232 g/mol. The quantitative estimate of drug-likeness (QED) is 0.566. The maximum absolute atomic E-state index is 11.8. The fourth-order valence-corrected chi connectivity index (χ4v) is 2.01. The molecule has 1 aliphatic rings. The summed E-state index contributed by atoms with van der Waals surface area (Å²) < 4.78 is 9.91. The summed E-state index contributed by atoms with van der Waals surface area (Å²) >= 11 is 0. The van der Waals surface area contributed by atoms with E-state index in [0.29, 0.717) is 26.1 Å². The molecule has 16 heavy (non-hydrogen) atoms. The van der Waals surface area contributed by atoms with E-state index >= 15 is 0 Å². The van der Waals surface area contributed by atoms with Crippen molar-refractivity contribution in [1.29, 1.82) is 0 Å². The van der Waals surface area contributed by atoms with Crippen LogP contribution in [-0.2, 0) is 19.1 Å². The van der Waals surface area contributed by atoms with Gasteiger partial charge in [0.1, 0.15) is 0 Å². The normalized spacial score (nSPS) is 17.4. The number of rotatable bonds is 4. The third kappa shape index (κ3) is 2.88. The van der Waals surface area contributed by atoms with Gasteiger partial charge in [-0.3, -0.25) is 9.59 Å². The lowest BCUT2D eigenvalue weighted by molar-refractivity contribution is -0.171. The van der Waals surface area contributed by atoms with Crippen LogP contribution in [0.1, 0.15) is 39.5 Å². The van der Waals surface area contributed by atoms with E-state index in [0.717, 1.165) is 12.8 Å². The molecule has 0 heterocycles. The van der Waals surface area contributed by atoms with E-state index in [2.05, 4.69) is 0 Å². The lowest BCUT2D eigenvalue weighted by atomic mass is 9.86. The van der Waals surface area contributed by atoms with Gasteiger partial charge in [0.2, 0.25) is 0 Å². The lowest BCUT2D eigenvalue weighted by Gasteiger charge is -2.23. The van der Waals surface area contributed by atoms with Crippen LogP contribution >= 0.6 is 12.4 Å². The molecule has 94 valence electrons. The van der Waals surface area contributed by atoms with Crippen molar-refractivity contribution in [3.8, 4) is 0 Å². The molecule has 0 atom stereocenters. The highest BCUT2D eigenvalue weighted by atomic mass is 35.5. The minimum Gasteiger partial charge on any atom is -0.465 e. The Morgan fingerprint density at radius 3 is 1.69 bits per heavy atom. The minimum absolute atomic E-state index is 0. The highest BCUT2D eigenvalue weighted by Gasteiger charge is 2.50. The first kappa shape index (κ1) is 15.2. The van der Waals surface area contributed by atoms with E-state index < -0.39 is 17.4 Å². The number of carbonyl (C=O) groups is 2. The van der Waals surface area contributed by atoms with Crippen LogP contribution in [0.5, 0.6) is 0 Å². The molecular formula is C11H19ClO4. The number of hydrogen-bond acceptors (Lipinski definition) is 4. The molecule has 0 saturated heterocycles. The van der Waals surface area contributed by atoms with Gasteiger partial charge in [-0.2, -0.15) is 0 Å². The zero-order chi connectivity index (χ0) is 11.3. The summed E-state index contributed by atoms with van der Waals surface area (Å²) in [5.41, 5.74) is -1.01. The number of carbonyl (C=O) groups excluding carboxylic acids is 2. The summed E-state index contributed by atoms with van der Waals surface area (Å²) in [6, 6.07) is 0. The van der Waals surface area contributed by atoms with Crippen LogP contribution in [0.25, 0.3) is 0 Å². The van der Waals surface area contributed by atoms with Crippen LogP contribution in [0, 0.1) is 5.41 Å². The second kappa shape index (κ2) is 6.74. The molecule has 0 aromatic rings. The first-order valence-electron chi connectivity index (χ1n) is 5.52. The van der Waals surface area contributed by atoms with E-state index in [4.69, 9.17) is 9.47 Å². The van der Waals surface area contributed by atoms with Crippen LogP contribution in [0.4, 0.5) is 0 Å². The largest absolute Gasteiger partial charge is 0.465 e. The molecule has 0 radical (unpaired) electrons. The molecule has 1 rings (SSSR count). The van der Waals surface area contributed by atoms with Gasteiger partial charge in [-0.15, -0.1) is 12.4 Å². The SMILES string of the molecule is CCOC(=O)C1(C(=O)OCC)CCCC1.Cl. The Bertz CT molecular complexity index is 226. The fourth-order valence-electron chi connectivity index (χ4n) is 2.01. The standard InChI is InChI=1S/C11H18O4.ClH/c1-3-14-9(12)11(7-5-6-8-11)10(13)15-4-2;/h3-8H2,1-2H3;1H. The maximum Gasteiger partial charge on any atom is 0.323 e. The molecule has 0 unspecified atom stereocenters. The molecule has 0 N–H and O–H groups in total. The van der Waals surface area contributed by atoms with Crippen LogP contribution < -0.4 is 0 Å². The molecule has 0 aromatic carbocycles. The van der Waals surface area contributed by atoms with Crippen LogP contribution in [0.3, 0.4) is 0 Å². The Labute approximate surface area is 102 Å². The summed E-state index contributed by atoms with van der Waals surface area (Å²) in [6.07, 6.45) is 2.89. The molecule has 0 amide bonds. The van der Waals surface area contributed by atoms with Crippen molar-refractivity contribution in [3.63, 3.8) is 0 Å². The van der Waals surface area contributed by atoms with Gasteiger partial charge in [0.05, 0.1) is 13.2 Å². The number of halogens is 1. The predicted octanol–water partition coefficient (Wildman–Crippen LogP) is 2.09. The van der Waals surface area contributed by atoms with Crippen molar-refractivity contribution >= 4 is 24.3 Å². The lowest BCUT2D eigenvalue weighted by Crippen LogP contribution is -2.39. The highest BCUT2D eigenvalue weighted by Crippen LogP contribution is 2.40. The minimum atomic E-state index is -1.01. The van der Waals surface area contributed by atoms with Gasteiger partial charge in [-0.25, -0.2) is 0 Å². The van der Waals surface area contributed by atoms with Crippen LogP contribution in [0.15, 0.2) is 0 Å². The van der Waals surface area contributed by atoms with Gasteiger partial charge in [0.15, 0.2) is 5.41 Å². The molecule has 0 aliphatic heterocycles. The van der Waals surface area contributed by atoms with Gasteiger partial charge in [-0.1, -0.05) is 12.8 Å². The Morgan fingerprint density at radius 1 is 1.00 bits per heavy atom. The molecule has 1 aliphatic carbocycles. The highest BCUT2D eigenvalue weighted by molar-refractivity contribution is 6.00. The van der Waals surface area contributed by atoms with Crippen molar-refractivity contribution < 1.29 is 19.1 Å². The third-order valence-electron chi connectivity index (χ3n) is 2.79. The maximum atomic E-state index is 11.8. The summed E-state index contributed by atoms with van der Waals surface area (Å²) in [5.74, 6) is -0.832. The van der Waals surface area contributed by atoms with Gasteiger partial charge < -0.3 is 9.47 Å². The van der Waals surface area contributed by atoms with Crippen molar-refractivity contribution in [3.05, 3.63) is 0 Å². The van der Waals surface area contributed by atoms with Gasteiger partial charge in [-0.05, 0) is 26.7 Å². The van der Waals surface area contributed by atoms with Gasteiger partial charge in [0, 0.05) is 0 Å². The van der Waals surface area contributed by atoms with E-state index in [9.17, 15) is 9.59 Å². The summed E-state index contributed by atoms with van der Waals surface area (Å²) in [5, 5.41) is 0. The summed E-state index contributed by atoms with van der Waals surface area (Å²) in [6.45, 7) is 4.09. The fraction of sp³-hybridized carbons (Fsp3) is 0.818. The van der Waals surface area contributed by atoms with Crippen molar-refractivity contribution in [2.45, 2.75) is 39.5 Å². The average molecular weight is 251 g/mol. The monoisotopic (exact) mass is 250 g/mol. The Morgan fingerprint density at radius 2 is 1.38 bits per heavy atom. The molecule has 5 heteroatoms. The Balaban J connectivity index is 0.00000225. The Hall–Kier alpha value is -0.770. The molecule has 1 fully saturated rings. The zero-order valence-corrected chi connectivity index (χ0v) is 10.6. The second-order valence-corrected chi connectivity index (χ2v) is 3.73. The van der Waals surface area contributed by atoms with E-state index in [-0.39, 0.29) is 12.4 Å². The molecule has 4 nitrogen and oxygen atoms in total. The predicted molar refractivity (Wildman–Crippen MR) is 61.4 cm³/mol. The van der Waals surface area contributed by atoms with E-state index in [1.54, 1.807) is 13.8 Å². The first-order chi connectivity index (χ1) is 7.17. The van der Waals surface area contributed by atoms with Crippen molar-refractivity contribution in [2.24, 2.45) is 5.41 Å². The smallest absolute Gasteiger partial charge is 0.323 e. The summed E-state index contributed by atoms with van der Waals surface area (Å²) in [4.78, 5) is 23.5. The number of esters is 2. The van der Waals surface area contributed by atoms with Crippen LogP contribution in [-0.4, -0.2) is 25.2 Å². The summed E-state index contributed by atoms with van der Waals surface area (Å²) in [7, 11) is 0. The van der Waals surface area contributed by atoms with E-state index in [1.807, 2.05) is 0 Å². The second-order valence-electron chi connectivity index (χ2n) is 3.73. The zero-order valence-electron chi connectivity index (χ0n) is 9.78. The topological polar surface area (TPSA) is 52.6 Å². The number of hydrogen-bond donors (Lipinski definition) is 0. The van der Waals surface area contributed by atoms with E-state index in [1.165, 1.54) is 0 Å². The third-order valence-corrected chi connectivity index (χ3v) is 2.79. The number of ether oxygens (including phenoxy) is 2. The van der Waals surface area contributed by atoms with Crippen molar-refractivity contribution in [2.75, 3.05) is 13.2 Å². The van der Waals surface area contributed by atoms with Gasteiger partial charge >= 0.3 is 11.9 Å². The van der Waals surface area contributed by atoms with Crippen molar-refractivity contribution in [1.82, 2.24) is 0 Å². The Kier molecular flexibility index (Phi) is 6.41. The first-order valence-corrected chi connectivity index (χ1v) is 5.52. The van der Waals surface area contributed by atoms with Crippen LogP contribution in [0.2, 0.25) is 0 Å². The molecule has 0 spiro atoms. The molecule has 1 saturated carbocycles. The van der Waals surface area contributed by atoms with Gasteiger partial charge in [0.25, 0.3) is 0 Å². The average Bonchev–Trinajstić information content (AvgIpc) is 2.68. The molecule has 0 bridgehead atoms. The molecule has 0 aromatic heterocycles.